The van der Waals surface area contributed by atoms with Crippen molar-refractivity contribution in [3.63, 3.8) is 0 Å². The summed E-state index contributed by atoms with van der Waals surface area (Å²) in [4.78, 5) is 25.7. The Bertz CT molecular complexity index is 951. The van der Waals surface area contributed by atoms with Gasteiger partial charge in [-0.15, -0.1) is 0 Å². The van der Waals surface area contributed by atoms with Crippen molar-refractivity contribution in [2.24, 2.45) is 0 Å². The molecule has 2 atom stereocenters. The number of methoxy groups -OCH3 is 1. The first-order valence-corrected chi connectivity index (χ1v) is 10.8. The van der Waals surface area contributed by atoms with Crippen molar-refractivity contribution in [3.8, 4) is 5.75 Å². The Morgan fingerprint density at radius 3 is 2.45 bits per heavy atom. The van der Waals surface area contributed by atoms with Gasteiger partial charge in [-0.25, -0.2) is 9.78 Å². The predicted molar refractivity (Wildman–Crippen MR) is 116 cm³/mol. The lowest BCUT2D eigenvalue weighted by Gasteiger charge is -2.42. The number of piperazine rings is 1. The van der Waals surface area contributed by atoms with Crippen molar-refractivity contribution in [2.45, 2.75) is 51.3 Å². The second kappa shape index (κ2) is 7.47. The van der Waals surface area contributed by atoms with E-state index in [4.69, 9.17) is 21.1 Å². The van der Waals surface area contributed by atoms with Gasteiger partial charge >= 0.3 is 6.09 Å². The molecule has 4 rings (SSSR count). The monoisotopic (exact) mass is 482 g/mol. The number of hydrogen-bond donors (Lipinski definition) is 0. The van der Waals surface area contributed by atoms with E-state index in [9.17, 15) is 4.79 Å². The number of anilines is 1. The van der Waals surface area contributed by atoms with E-state index in [2.05, 4.69) is 30.8 Å². The molecule has 2 bridgehead atoms. The molecule has 2 fully saturated rings. The largest absolute Gasteiger partial charge is 0.496 e. The van der Waals surface area contributed by atoms with Gasteiger partial charge in [0, 0.05) is 18.5 Å². The topological polar surface area (TPSA) is 67.8 Å². The van der Waals surface area contributed by atoms with Crippen LogP contribution in [0.15, 0.2) is 16.6 Å². The first-order valence-electron chi connectivity index (χ1n) is 9.63. The Labute approximate surface area is 183 Å². The highest BCUT2D eigenvalue weighted by Gasteiger charge is 2.45. The quantitative estimate of drug-likeness (QED) is 0.580. The van der Waals surface area contributed by atoms with Crippen LogP contribution in [0, 0.1) is 0 Å². The summed E-state index contributed by atoms with van der Waals surface area (Å²) < 4.78 is 11.9. The number of halogens is 2. The molecule has 0 radical (unpaired) electrons. The molecule has 1 aromatic heterocycles. The zero-order chi connectivity index (χ0) is 20.9. The van der Waals surface area contributed by atoms with E-state index in [1.807, 2.05) is 37.8 Å². The summed E-state index contributed by atoms with van der Waals surface area (Å²) >= 11 is 9.73. The number of aromatic nitrogens is 2. The molecular weight excluding hydrogens is 460 g/mol. The number of ether oxygens (including phenoxy) is 2. The van der Waals surface area contributed by atoms with E-state index in [1.165, 1.54) is 0 Å². The zero-order valence-corrected chi connectivity index (χ0v) is 19.2. The van der Waals surface area contributed by atoms with Gasteiger partial charge in [-0.3, -0.25) is 4.90 Å². The molecule has 2 saturated heterocycles. The van der Waals surface area contributed by atoms with Gasteiger partial charge in [-0.1, -0.05) is 0 Å². The molecule has 7 nitrogen and oxygen atoms in total. The summed E-state index contributed by atoms with van der Waals surface area (Å²) in [5.41, 5.74) is 0.239. The van der Waals surface area contributed by atoms with Gasteiger partial charge in [0.2, 0.25) is 5.28 Å². The van der Waals surface area contributed by atoms with Crippen molar-refractivity contribution >= 4 is 50.3 Å². The van der Waals surface area contributed by atoms with Crippen LogP contribution in [0.1, 0.15) is 33.6 Å². The van der Waals surface area contributed by atoms with Crippen LogP contribution in [0.4, 0.5) is 10.6 Å². The number of benzene rings is 1. The van der Waals surface area contributed by atoms with Crippen molar-refractivity contribution < 1.29 is 14.3 Å². The van der Waals surface area contributed by atoms with Crippen molar-refractivity contribution in [1.82, 2.24) is 14.9 Å². The number of carbonyl (C=O) groups excluding carboxylic acids is 1. The van der Waals surface area contributed by atoms with E-state index < -0.39 is 5.60 Å². The molecule has 1 aromatic carbocycles. The van der Waals surface area contributed by atoms with Crippen LogP contribution in [-0.2, 0) is 4.74 Å². The van der Waals surface area contributed by atoms with E-state index in [0.717, 1.165) is 34.0 Å². The maximum atomic E-state index is 12.7. The van der Waals surface area contributed by atoms with Gasteiger partial charge in [-0.2, -0.15) is 4.98 Å². The van der Waals surface area contributed by atoms with Crippen LogP contribution in [0.25, 0.3) is 10.9 Å². The molecule has 0 N–H and O–H groups in total. The normalized spacial score (nSPS) is 21.6. The zero-order valence-electron chi connectivity index (χ0n) is 16.9. The highest BCUT2D eigenvalue weighted by atomic mass is 79.9. The van der Waals surface area contributed by atoms with Crippen molar-refractivity contribution in [1.29, 1.82) is 0 Å². The Morgan fingerprint density at radius 1 is 1.21 bits per heavy atom. The van der Waals surface area contributed by atoms with Gasteiger partial charge in [0.05, 0.1) is 29.2 Å². The standard InChI is InChI=1S/C20H24BrClN4O3/c1-20(2,3)29-19(27)26-11-5-6-12(26)10-25(9-11)17-13-7-16(28-4)14(21)8-15(13)23-18(22)24-17/h7-8,11-12H,5-6,9-10H2,1-4H3. The minimum Gasteiger partial charge on any atom is -0.496 e. The highest BCUT2D eigenvalue weighted by Crippen LogP contribution is 2.38. The number of nitrogens with zero attached hydrogens (tertiary/aromatic N) is 4. The number of amides is 1. The molecule has 3 heterocycles. The number of carbonyl (C=O) groups is 1. The van der Waals surface area contributed by atoms with Crippen molar-refractivity contribution in [3.05, 3.63) is 21.9 Å². The fourth-order valence-corrected chi connectivity index (χ4v) is 4.84. The summed E-state index contributed by atoms with van der Waals surface area (Å²) in [5.74, 6) is 1.48. The van der Waals surface area contributed by atoms with Crippen LogP contribution in [0.2, 0.25) is 5.28 Å². The fraction of sp³-hybridized carbons (Fsp3) is 0.550. The summed E-state index contributed by atoms with van der Waals surface area (Å²) in [6.45, 7) is 7.03. The van der Waals surface area contributed by atoms with Crippen molar-refractivity contribution in [2.75, 3.05) is 25.1 Å². The van der Waals surface area contributed by atoms with E-state index in [-0.39, 0.29) is 23.5 Å². The molecule has 0 saturated carbocycles. The second-order valence-electron chi connectivity index (χ2n) is 8.50. The Hall–Kier alpha value is -1.80. The molecule has 156 valence electrons. The lowest BCUT2D eigenvalue weighted by Crippen LogP contribution is -2.57. The minimum atomic E-state index is -0.506. The summed E-state index contributed by atoms with van der Waals surface area (Å²) in [6, 6.07) is 3.98. The Kier molecular flexibility index (Phi) is 5.27. The number of rotatable bonds is 2. The lowest BCUT2D eigenvalue weighted by molar-refractivity contribution is 0.0123. The average molecular weight is 484 g/mol. The van der Waals surface area contributed by atoms with E-state index in [0.29, 0.717) is 18.8 Å². The van der Waals surface area contributed by atoms with E-state index in [1.54, 1.807) is 7.11 Å². The Balaban J connectivity index is 1.66. The lowest BCUT2D eigenvalue weighted by atomic mass is 10.1. The van der Waals surface area contributed by atoms with Crippen LogP contribution in [-0.4, -0.2) is 58.8 Å². The van der Waals surface area contributed by atoms with Crippen LogP contribution in [0.3, 0.4) is 0 Å². The molecule has 9 heteroatoms. The first-order chi connectivity index (χ1) is 13.7. The highest BCUT2D eigenvalue weighted by molar-refractivity contribution is 9.10. The molecular formula is C20H24BrClN4O3. The van der Waals surface area contributed by atoms with Gasteiger partial charge in [0.1, 0.15) is 17.2 Å². The number of hydrogen-bond acceptors (Lipinski definition) is 6. The number of fused-ring (bicyclic) bond motifs is 3. The predicted octanol–water partition coefficient (Wildman–Crippen LogP) is 4.64. The van der Waals surface area contributed by atoms with E-state index >= 15 is 0 Å². The van der Waals surface area contributed by atoms with Gasteiger partial charge in [-0.05, 0) is 73.3 Å². The van der Waals surface area contributed by atoms with Crippen LogP contribution < -0.4 is 9.64 Å². The fourth-order valence-electron chi connectivity index (χ4n) is 4.17. The molecule has 29 heavy (non-hydrogen) atoms. The first kappa shape index (κ1) is 20.5. The molecule has 2 unspecified atom stereocenters. The van der Waals surface area contributed by atoms with Gasteiger partial charge < -0.3 is 14.4 Å². The molecule has 1 amide bonds. The summed E-state index contributed by atoms with van der Waals surface area (Å²) in [6.07, 6.45) is 1.67. The average Bonchev–Trinajstić information content (AvgIpc) is 2.89. The van der Waals surface area contributed by atoms with Crippen LogP contribution >= 0.6 is 27.5 Å². The molecule has 0 spiro atoms. The molecule has 0 aliphatic carbocycles. The van der Waals surface area contributed by atoms with Gasteiger partial charge in [0.15, 0.2) is 0 Å². The maximum Gasteiger partial charge on any atom is 0.410 e. The third-order valence-corrected chi connectivity index (χ3v) is 6.10. The third kappa shape index (κ3) is 3.97. The second-order valence-corrected chi connectivity index (χ2v) is 9.69. The smallest absolute Gasteiger partial charge is 0.410 e. The molecule has 2 aliphatic rings. The minimum absolute atomic E-state index is 0.0877. The summed E-state index contributed by atoms with van der Waals surface area (Å²) in [7, 11) is 1.63. The van der Waals surface area contributed by atoms with Crippen LogP contribution in [0.5, 0.6) is 5.75 Å². The molecule has 2 aromatic rings. The maximum absolute atomic E-state index is 12.7. The SMILES string of the molecule is COc1cc2c(N3CC4CCC(C3)N4C(=O)OC(C)(C)C)nc(Cl)nc2cc1Br. The third-order valence-electron chi connectivity index (χ3n) is 5.31. The van der Waals surface area contributed by atoms with Gasteiger partial charge in [0.25, 0.3) is 0 Å². The molecule has 2 aliphatic heterocycles. The Morgan fingerprint density at radius 2 is 1.86 bits per heavy atom. The summed E-state index contributed by atoms with van der Waals surface area (Å²) in [5, 5.41) is 1.08.